The lowest BCUT2D eigenvalue weighted by Gasteiger charge is -2.07. The molecule has 0 amide bonds. The van der Waals surface area contributed by atoms with Crippen molar-refractivity contribution in [3.8, 4) is 11.5 Å². The van der Waals surface area contributed by atoms with Gasteiger partial charge in [0.05, 0.1) is 0 Å². The van der Waals surface area contributed by atoms with Crippen LogP contribution < -0.4 is 15.8 Å². The lowest BCUT2D eigenvalue weighted by molar-refractivity contribution is 0.482. The first-order chi connectivity index (χ1) is 8.88. The summed E-state index contributed by atoms with van der Waals surface area (Å²) in [5, 5.41) is 3.25. The Hall–Kier alpha value is -1.84. The van der Waals surface area contributed by atoms with Gasteiger partial charge in [-0.05, 0) is 29.8 Å². The zero-order valence-corrected chi connectivity index (χ0v) is 10.3. The summed E-state index contributed by atoms with van der Waals surface area (Å²) in [7, 11) is 0. The SMILES string of the molecule is NCCNCc1ccc(Oc2ccccc2)cc1. The monoisotopic (exact) mass is 242 g/mol. The number of hydrogen-bond acceptors (Lipinski definition) is 3. The second kappa shape index (κ2) is 6.79. The molecule has 0 heterocycles. The number of para-hydroxylation sites is 1. The number of nitrogens with two attached hydrogens (primary N) is 1. The second-order valence-electron chi connectivity index (χ2n) is 4.02. The fraction of sp³-hybridized carbons (Fsp3) is 0.200. The number of benzene rings is 2. The van der Waals surface area contributed by atoms with Crippen LogP contribution >= 0.6 is 0 Å². The van der Waals surface area contributed by atoms with Crippen molar-refractivity contribution in [1.29, 1.82) is 0 Å². The van der Waals surface area contributed by atoms with Crippen LogP contribution in [0.4, 0.5) is 0 Å². The van der Waals surface area contributed by atoms with E-state index in [0.717, 1.165) is 24.6 Å². The van der Waals surface area contributed by atoms with Gasteiger partial charge in [-0.3, -0.25) is 0 Å². The van der Waals surface area contributed by atoms with E-state index in [1.807, 2.05) is 42.5 Å². The Balaban J connectivity index is 1.91. The van der Waals surface area contributed by atoms with Crippen molar-refractivity contribution in [2.24, 2.45) is 5.73 Å². The highest BCUT2D eigenvalue weighted by molar-refractivity contribution is 5.32. The van der Waals surface area contributed by atoms with E-state index in [0.29, 0.717) is 6.54 Å². The molecule has 0 unspecified atom stereocenters. The lowest BCUT2D eigenvalue weighted by Crippen LogP contribution is -2.21. The maximum Gasteiger partial charge on any atom is 0.127 e. The average molecular weight is 242 g/mol. The van der Waals surface area contributed by atoms with E-state index >= 15 is 0 Å². The highest BCUT2D eigenvalue weighted by Gasteiger charge is 1.97. The summed E-state index contributed by atoms with van der Waals surface area (Å²) in [6.45, 7) is 2.33. The van der Waals surface area contributed by atoms with Gasteiger partial charge in [0.15, 0.2) is 0 Å². The Labute approximate surface area is 108 Å². The number of rotatable bonds is 6. The molecule has 3 nitrogen and oxygen atoms in total. The van der Waals surface area contributed by atoms with E-state index in [1.54, 1.807) is 0 Å². The van der Waals surface area contributed by atoms with Crippen LogP contribution in [0.15, 0.2) is 54.6 Å². The van der Waals surface area contributed by atoms with Crippen LogP contribution in [0, 0.1) is 0 Å². The lowest BCUT2D eigenvalue weighted by atomic mass is 10.2. The third-order valence-corrected chi connectivity index (χ3v) is 2.55. The van der Waals surface area contributed by atoms with E-state index in [9.17, 15) is 0 Å². The summed E-state index contributed by atoms with van der Waals surface area (Å²) in [5.74, 6) is 1.70. The summed E-state index contributed by atoms with van der Waals surface area (Å²) in [6, 6.07) is 17.8. The van der Waals surface area contributed by atoms with Gasteiger partial charge in [-0.25, -0.2) is 0 Å². The van der Waals surface area contributed by atoms with Gasteiger partial charge >= 0.3 is 0 Å². The second-order valence-corrected chi connectivity index (χ2v) is 4.02. The van der Waals surface area contributed by atoms with Crippen LogP contribution in [0.25, 0.3) is 0 Å². The molecule has 0 radical (unpaired) electrons. The molecule has 3 N–H and O–H groups in total. The molecule has 3 heteroatoms. The van der Waals surface area contributed by atoms with Crippen LogP contribution in [0.1, 0.15) is 5.56 Å². The zero-order valence-electron chi connectivity index (χ0n) is 10.3. The van der Waals surface area contributed by atoms with Gasteiger partial charge in [0.1, 0.15) is 11.5 Å². The molecule has 2 rings (SSSR count). The van der Waals surface area contributed by atoms with Crippen LogP contribution in [0.5, 0.6) is 11.5 Å². The van der Waals surface area contributed by atoms with E-state index in [1.165, 1.54) is 5.56 Å². The molecule has 0 aliphatic rings. The van der Waals surface area contributed by atoms with Gasteiger partial charge in [-0.2, -0.15) is 0 Å². The van der Waals surface area contributed by atoms with Crippen LogP contribution in [0.3, 0.4) is 0 Å². The molecule has 2 aromatic rings. The smallest absolute Gasteiger partial charge is 0.127 e. The average Bonchev–Trinajstić information content (AvgIpc) is 2.42. The van der Waals surface area contributed by atoms with Crippen molar-refractivity contribution in [1.82, 2.24) is 5.32 Å². The molecule has 0 saturated heterocycles. The summed E-state index contributed by atoms with van der Waals surface area (Å²) in [5.41, 5.74) is 6.65. The van der Waals surface area contributed by atoms with Gasteiger partial charge in [0.25, 0.3) is 0 Å². The summed E-state index contributed by atoms with van der Waals surface area (Å²) < 4.78 is 5.72. The zero-order chi connectivity index (χ0) is 12.6. The molecule has 0 saturated carbocycles. The first kappa shape index (κ1) is 12.6. The summed E-state index contributed by atoms with van der Waals surface area (Å²) in [4.78, 5) is 0. The minimum absolute atomic E-state index is 0.662. The summed E-state index contributed by atoms with van der Waals surface area (Å²) >= 11 is 0. The molecule has 0 spiro atoms. The minimum Gasteiger partial charge on any atom is -0.457 e. The fourth-order valence-corrected chi connectivity index (χ4v) is 1.63. The normalized spacial score (nSPS) is 10.3. The topological polar surface area (TPSA) is 47.3 Å². The van der Waals surface area contributed by atoms with Crippen LogP contribution in [0.2, 0.25) is 0 Å². The molecular weight excluding hydrogens is 224 g/mol. The molecule has 0 aromatic heterocycles. The van der Waals surface area contributed by atoms with E-state index in [4.69, 9.17) is 10.5 Å². The summed E-state index contributed by atoms with van der Waals surface area (Å²) in [6.07, 6.45) is 0. The third kappa shape index (κ3) is 3.87. The van der Waals surface area contributed by atoms with Crippen LogP contribution in [-0.4, -0.2) is 13.1 Å². The number of hydrogen-bond donors (Lipinski definition) is 2. The number of nitrogens with one attached hydrogen (secondary N) is 1. The van der Waals surface area contributed by atoms with Crippen molar-refractivity contribution in [3.05, 3.63) is 60.2 Å². The maximum atomic E-state index is 5.72. The first-order valence-corrected chi connectivity index (χ1v) is 6.11. The van der Waals surface area contributed by atoms with E-state index < -0.39 is 0 Å². The number of ether oxygens (including phenoxy) is 1. The van der Waals surface area contributed by atoms with Crippen molar-refractivity contribution in [2.75, 3.05) is 13.1 Å². The quantitative estimate of drug-likeness (QED) is 0.765. The van der Waals surface area contributed by atoms with Gasteiger partial charge in [0.2, 0.25) is 0 Å². The molecule has 0 aliphatic heterocycles. The minimum atomic E-state index is 0.662. The van der Waals surface area contributed by atoms with Gasteiger partial charge in [-0.1, -0.05) is 30.3 Å². The predicted octanol–water partition coefficient (Wildman–Crippen LogP) is 2.53. The van der Waals surface area contributed by atoms with E-state index in [-0.39, 0.29) is 0 Å². The van der Waals surface area contributed by atoms with Crippen molar-refractivity contribution in [3.63, 3.8) is 0 Å². The molecular formula is C15H18N2O. The van der Waals surface area contributed by atoms with Crippen molar-refractivity contribution < 1.29 is 4.74 Å². The molecule has 0 atom stereocenters. The maximum absolute atomic E-state index is 5.72. The fourth-order valence-electron chi connectivity index (χ4n) is 1.63. The Kier molecular flexibility index (Phi) is 4.76. The van der Waals surface area contributed by atoms with Gasteiger partial charge < -0.3 is 15.8 Å². The first-order valence-electron chi connectivity index (χ1n) is 6.11. The Morgan fingerprint density at radius 3 is 2.22 bits per heavy atom. The molecule has 94 valence electrons. The standard InChI is InChI=1S/C15H18N2O/c16-10-11-17-12-13-6-8-15(9-7-13)18-14-4-2-1-3-5-14/h1-9,17H,10-12,16H2. The molecule has 0 fully saturated rings. The Morgan fingerprint density at radius 2 is 1.56 bits per heavy atom. The molecule has 2 aromatic carbocycles. The molecule has 0 aliphatic carbocycles. The van der Waals surface area contributed by atoms with Gasteiger partial charge in [-0.15, -0.1) is 0 Å². The van der Waals surface area contributed by atoms with Crippen molar-refractivity contribution in [2.45, 2.75) is 6.54 Å². The van der Waals surface area contributed by atoms with Crippen LogP contribution in [-0.2, 0) is 6.54 Å². The largest absolute Gasteiger partial charge is 0.457 e. The third-order valence-electron chi connectivity index (χ3n) is 2.55. The molecule has 0 bridgehead atoms. The highest BCUT2D eigenvalue weighted by Crippen LogP contribution is 2.20. The Bertz CT molecular complexity index is 454. The highest BCUT2D eigenvalue weighted by atomic mass is 16.5. The predicted molar refractivity (Wildman–Crippen MR) is 73.7 cm³/mol. The van der Waals surface area contributed by atoms with E-state index in [2.05, 4.69) is 17.4 Å². The molecule has 18 heavy (non-hydrogen) atoms. The Morgan fingerprint density at radius 1 is 0.889 bits per heavy atom. The van der Waals surface area contributed by atoms with Crippen molar-refractivity contribution >= 4 is 0 Å². The van der Waals surface area contributed by atoms with Gasteiger partial charge in [0, 0.05) is 19.6 Å².